The highest BCUT2D eigenvalue weighted by Crippen LogP contribution is 2.37. The molecule has 1 heterocycles. The van der Waals surface area contributed by atoms with Crippen LogP contribution in [0.1, 0.15) is 35.6 Å². The Morgan fingerprint density at radius 1 is 1.16 bits per heavy atom. The monoisotopic (exact) mass is 434 g/mol. The molecule has 2 aliphatic rings. The highest BCUT2D eigenvalue weighted by Gasteiger charge is 2.49. The topological polar surface area (TPSA) is 79.2 Å². The predicted molar refractivity (Wildman–Crippen MR) is 107 cm³/mol. The number of hydrazine groups is 1. The van der Waals surface area contributed by atoms with Crippen LogP contribution in [0.3, 0.4) is 0 Å². The molecule has 1 aliphatic carbocycles. The van der Waals surface area contributed by atoms with Gasteiger partial charge in [-0.05, 0) is 36.9 Å². The smallest absolute Gasteiger partial charge is 0.367 e. The van der Waals surface area contributed by atoms with Gasteiger partial charge in [0.1, 0.15) is 11.5 Å². The molecule has 2 atom stereocenters. The summed E-state index contributed by atoms with van der Waals surface area (Å²) in [5, 5.41) is 3.36. The van der Waals surface area contributed by atoms with Gasteiger partial charge < -0.3 is 16.5 Å². The zero-order chi connectivity index (χ0) is 22.2. The molecule has 0 radical (unpaired) electrons. The van der Waals surface area contributed by atoms with Gasteiger partial charge >= 0.3 is 6.18 Å². The van der Waals surface area contributed by atoms with Gasteiger partial charge in [0, 0.05) is 11.1 Å². The molecule has 1 saturated carbocycles. The minimum Gasteiger partial charge on any atom is -0.367 e. The zero-order valence-corrected chi connectivity index (χ0v) is 16.5. The molecule has 2 unspecified atom stereocenters. The van der Waals surface area contributed by atoms with Crippen molar-refractivity contribution in [1.82, 2.24) is 16.2 Å². The van der Waals surface area contributed by atoms with Crippen molar-refractivity contribution >= 4 is 5.91 Å². The summed E-state index contributed by atoms with van der Waals surface area (Å²) in [6.45, 7) is 0.683. The number of nitrogens with one attached hydrogen (secondary N) is 3. The summed E-state index contributed by atoms with van der Waals surface area (Å²) in [6, 6.07) is 13.0. The van der Waals surface area contributed by atoms with Crippen LogP contribution in [0.4, 0.5) is 17.6 Å². The Bertz CT molecular complexity index is 1000. The van der Waals surface area contributed by atoms with E-state index in [1.54, 1.807) is 6.07 Å². The molecule has 9 heteroatoms. The maximum Gasteiger partial charge on any atom is 0.432 e. The van der Waals surface area contributed by atoms with Crippen molar-refractivity contribution < 1.29 is 22.4 Å². The average molecular weight is 434 g/mol. The number of rotatable bonds is 7. The maximum absolute atomic E-state index is 15.8. The fourth-order valence-electron chi connectivity index (χ4n) is 3.75. The Hall–Kier alpha value is -2.91. The van der Waals surface area contributed by atoms with E-state index in [0.717, 1.165) is 18.4 Å². The summed E-state index contributed by atoms with van der Waals surface area (Å²) in [4.78, 5) is 12.2. The summed E-state index contributed by atoms with van der Waals surface area (Å²) >= 11 is 0. The minimum absolute atomic E-state index is 0.223. The number of carbonyl (C=O) groups excluding carboxylic acids is 1. The van der Waals surface area contributed by atoms with Gasteiger partial charge in [-0.2, -0.15) is 13.2 Å². The van der Waals surface area contributed by atoms with Crippen molar-refractivity contribution in [2.24, 2.45) is 11.7 Å². The predicted octanol–water partition coefficient (Wildman–Crippen LogP) is 3.15. The molecular formula is C22H22F4N4O. The van der Waals surface area contributed by atoms with E-state index < -0.39 is 35.2 Å². The van der Waals surface area contributed by atoms with Crippen LogP contribution in [0.15, 0.2) is 60.3 Å². The third-order valence-electron chi connectivity index (χ3n) is 5.65. The molecule has 1 amide bonds. The molecule has 0 aromatic heterocycles. The summed E-state index contributed by atoms with van der Waals surface area (Å²) in [7, 11) is 0. The molecule has 5 N–H and O–H groups in total. The Morgan fingerprint density at radius 3 is 2.45 bits per heavy atom. The molecule has 31 heavy (non-hydrogen) atoms. The van der Waals surface area contributed by atoms with Gasteiger partial charge in [-0.15, -0.1) is 0 Å². The number of hydrogen-bond donors (Lipinski definition) is 4. The first-order valence-corrected chi connectivity index (χ1v) is 9.93. The average Bonchev–Trinajstić information content (AvgIpc) is 3.43. The van der Waals surface area contributed by atoms with E-state index in [2.05, 4.69) is 10.7 Å². The number of halogens is 4. The number of nitrogens with two attached hydrogens (primary N) is 1. The Kier molecular flexibility index (Phi) is 5.49. The number of carbonyl (C=O) groups is 1. The fraction of sp³-hybridized carbons (Fsp3) is 0.318. The third-order valence-corrected chi connectivity index (χ3v) is 5.65. The maximum atomic E-state index is 15.8. The molecule has 164 valence electrons. The lowest BCUT2D eigenvalue weighted by Gasteiger charge is -2.27. The highest BCUT2D eigenvalue weighted by molar-refractivity contribution is 5.89. The second-order valence-electron chi connectivity index (χ2n) is 7.88. The molecule has 2 aromatic rings. The first-order chi connectivity index (χ1) is 14.7. The Morgan fingerprint density at radius 2 is 1.87 bits per heavy atom. The van der Waals surface area contributed by atoms with Crippen LogP contribution < -0.4 is 21.9 Å². The number of allylic oxidation sites excluding steroid dienone is 1. The number of primary amides is 1. The van der Waals surface area contributed by atoms with Crippen molar-refractivity contribution in [2.75, 3.05) is 6.54 Å². The molecule has 1 fully saturated rings. The molecule has 1 aliphatic heterocycles. The van der Waals surface area contributed by atoms with Gasteiger partial charge in [-0.25, -0.2) is 9.82 Å². The SMILES string of the molecule is NC(=O)C1(c2cccc(C(NCC3CC3)c3ccccc3)c2F)C=C(C(F)(F)F)NN1. The zero-order valence-electron chi connectivity index (χ0n) is 16.5. The van der Waals surface area contributed by atoms with E-state index in [4.69, 9.17) is 5.73 Å². The first-order valence-electron chi connectivity index (χ1n) is 9.93. The number of hydrogen-bond acceptors (Lipinski definition) is 4. The lowest BCUT2D eigenvalue weighted by Crippen LogP contribution is -2.52. The molecule has 5 nitrogen and oxygen atoms in total. The molecule has 2 aromatic carbocycles. The van der Waals surface area contributed by atoms with Crippen molar-refractivity contribution in [3.8, 4) is 0 Å². The quantitative estimate of drug-likeness (QED) is 0.505. The number of benzene rings is 2. The van der Waals surface area contributed by atoms with Crippen molar-refractivity contribution in [3.63, 3.8) is 0 Å². The summed E-state index contributed by atoms with van der Waals surface area (Å²) in [5.74, 6) is -1.43. The Balaban J connectivity index is 1.79. The first kappa shape index (κ1) is 21.3. The second-order valence-corrected chi connectivity index (χ2v) is 7.88. The van der Waals surface area contributed by atoms with Gasteiger partial charge in [-0.1, -0.05) is 48.5 Å². The molecule has 4 rings (SSSR count). The minimum atomic E-state index is -4.75. The van der Waals surface area contributed by atoms with Crippen molar-refractivity contribution in [1.29, 1.82) is 0 Å². The van der Waals surface area contributed by atoms with Crippen LogP contribution in [0, 0.1) is 11.7 Å². The third kappa shape index (κ3) is 4.15. The number of amides is 1. The molecule has 0 saturated heterocycles. The van der Waals surface area contributed by atoms with Crippen LogP contribution in [0.2, 0.25) is 0 Å². The van der Waals surface area contributed by atoms with E-state index >= 15 is 4.39 Å². The van der Waals surface area contributed by atoms with Crippen LogP contribution in [0.5, 0.6) is 0 Å². The van der Waals surface area contributed by atoms with Crippen molar-refractivity contribution in [2.45, 2.75) is 30.6 Å². The van der Waals surface area contributed by atoms with Gasteiger partial charge in [0.05, 0.1) is 6.04 Å². The van der Waals surface area contributed by atoms with E-state index in [0.29, 0.717) is 18.5 Å². The van der Waals surface area contributed by atoms with Crippen LogP contribution in [-0.4, -0.2) is 18.6 Å². The largest absolute Gasteiger partial charge is 0.432 e. The van der Waals surface area contributed by atoms with Gasteiger partial charge in [0.2, 0.25) is 5.91 Å². The van der Waals surface area contributed by atoms with Crippen LogP contribution in [-0.2, 0) is 10.3 Å². The lowest BCUT2D eigenvalue weighted by atomic mass is 9.86. The van der Waals surface area contributed by atoms with E-state index in [-0.39, 0.29) is 11.1 Å². The second kappa shape index (κ2) is 7.97. The van der Waals surface area contributed by atoms with Gasteiger partial charge in [0.15, 0.2) is 5.54 Å². The number of alkyl halides is 3. The van der Waals surface area contributed by atoms with E-state index in [1.165, 1.54) is 12.1 Å². The normalized spacial score (nSPS) is 22.0. The van der Waals surface area contributed by atoms with Crippen LogP contribution >= 0.6 is 0 Å². The summed E-state index contributed by atoms with van der Waals surface area (Å²) in [6.07, 6.45) is -1.96. The highest BCUT2D eigenvalue weighted by atomic mass is 19.4. The van der Waals surface area contributed by atoms with Crippen molar-refractivity contribution in [3.05, 3.63) is 82.8 Å². The van der Waals surface area contributed by atoms with Gasteiger partial charge in [0.25, 0.3) is 0 Å². The van der Waals surface area contributed by atoms with E-state index in [1.807, 2.05) is 35.8 Å². The lowest BCUT2D eigenvalue weighted by molar-refractivity contribution is -0.123. The standard InChI is InChI=1S/C22H22F4N4O/c23-18-15(19(28-12-13-9-10-13)14-5-2-1-3-6-14)7-4-8-16(18)21(20(27)31)11-17(29-30-21)22(24,25)26/h1-8,11,13,19,28-30H,9-10,12H2,(H2,27,31). The molecular weight excluding hydrogens is 412 g/mol. The summed E-state index contributed by atoms with van der Waals surface area (Å²) in [5.41, 5.74) is 6.99. The molecule has 0 bridgehead atoms. The Labute approximate surface area is 176 Å². The van der Waals surface area contributed by atoms with Crippen LogP contribution in [0.25, 0.3) is 0 Å². The summed E-state index contributed by atoms with van der Waals surface area (Å²) < 4.78 is 55.3. The van der Waals surface area contributed by atoms with E-state index in [9.17, 15) is 18.0 Å². The van der Waals surface area contributed by atoms with Gasteiger partial charge in [-0.3, -0.25) is 4.79 Å². The fourth-order valence-corrected chi connectivity index (χ4v) is 3.75. The molecule has 0 spiro atoms.